The normalized spacial score (nSPS) is 22.5. The van der Waals surface area contributed by atoms with Crippen molar-refractivity contribution in [3.8, 4) is 0 Å². The van der Waals surface area contributed by atoms with Crippen molar-refractivity contribution in [3.05, 3.63) is 18.5 Å². The maximum atomic E-state index is 4.23. The van der Waals surface area contributed by atoms with Crippen LogP contribution in [0.1, 0.15) is 33.1 Å². The molecule has 1 unspecified atom stereocenters. The molecule has 1 heterocycles. The van der Waals surface area contributed by atoms with E-state index in [9.17, 15) is 0 Å². The molecule has 94 valence electrons. The summed E-state index contributed by atoms with van der Waals surface area (Å²) in [5.74, 6) is 0. The molecule has 1 saturated carbocycles. The monoisotopic (exact) mass is 233 g/mol. The van der Waals surface area contributed by atoms with Gasteiger partial charge in [-0.3, -0.25) is 4.98 Å². The maximum absolute atomic E-state index is 4.23. The minimum absolute atomic E-state index is 0.388. The zero-order chi connectivity index (χ0) is 12.5. The Labute approximate surface area is 104 Å². The van der Waals surface area contributed by atoms with Crippen molar-refractivity contribution in [2.75, 3.05) is 24.3 Å². The fraction of sp³-hybridized carbons (Fsp3) is 0.643. The van der Waals surface area contributed by atoms with Crippen LogP contribution >= 0.6 is 0 Å². The number of pyridine rings is 1. The van der Waals surface area contributed by atoms with E-state index >= 15 is 0 Å². The highest BCUT2D eigenvalue weighted by Gasteiger charge is 2.34. The van der Waals surface area contributed by atoms with Crippen LogP contribution in [-0.4, -0.2) is 25.1 Å². The molecule has 0 spiro atoms. The highest BCUT2D eigenvalue weighted by molar-refractivity contribution is 5.68. The van der Waals surface area contributed by atoms with Gasteiger partial charge in [-0.1, -0.05) is 20.3 Å². The van der Waals surface area contributed by atoms with Gasteiger partial charge in [0.25, 0.3) is 0 Å². The van der Waals surface area contributed by atoms with Crippen molar-refractivity contribution < 1.29 is 0 Å². The highest BCUT2D eigenvalue weighted by Crippen LogP contribution is 2.40. The Morgan fingerprint density at radius 1 is 1.41 bits per heavy atom. The first-order chi connectivity index (χ1) is 8.00. The van der Waals surface area contributed by atoms with Crippen LogP contribution in [0.3, 0.4) is 0 Å². The fourth-order valence-corrected chi connectivity index (χ4v) is 2.67. The number of rotatable bonds is 3. The molecule has 1 atom stereocenters. The molecule has 1 N–H and O–H groups in total. The Kier molecular flexibility index (Phi) is 3.27. The zero-order valence-corrected chi connectivity index (χ0v) is 11.3. The van der Waals surface area contributed by atoms with Crippen molar-refractivity contribution in [3.63, 3.8) is 0 Å². The van der Waals surface area contributed by atoms with Crippen LogP contribution in [-0.2, 0) is 0 Å². The lowest BCUT2D eigenvalue weighted by atomic mass is 9.87. The van der Waals surface area contributed by atoms with Crippen molar-refractivity contribution >= 4 is 11.4 Å². The van der Waals surface area contributed by atoms with Gasteiger partial charge in [0, 0.05) is 26.3 Å². The van der Waals surface area contributed by atoms with Gasteiger partial charge in [0.2, 0.25) is 0 Å². The number of anilines is 2. The van der Waals surface area contributed by atoms with Crippen LogP contribution in [0.5, 0.6) is 0 Å². The molecule has 1 aromatic heterocycles. The highest BCUT2D eigenvalue weighted by atomic mass is 15.1. The molecule has 0 bridgehead atoms. The number of hydrogen-bond acceptors (Lipinski definition) is 3. The standard InChI is InChI=1S/C14H23N3/c1-14(2)8-5-6-13(14)16-11-10-15-9-7-12(11)17(3)4/h7,9-10,13,16H,5-6,8H2,1-4H3. The van der Waals surface area contributed by atoms with Crippen molar-refractivity contribution in [1.29, 1.82) is 0 Å². The molecule has 3 heteroatoms. The third-order valence-electron chi connectivity index (χ3n) is 3.87. The van der Waals surface area contributed by atoms with E-state index in [1.54, 1.807) is 0 Å². The van der Waals surface area contributed by atoms with Gasteiger partial charge in [-0.05, 0) is 24.3 Å². The first kappa shape index (κ1) is 12.2. The summed E-state index contributed by atoms with van der Waals surface area (Å²) in [5.41, 5.74) is 2.75. The van der Waals surface area contributed by atoms with E-state index in [0.717, 1.165) is 5.69 Å². The second-order valence-electron chi connectivity index (χ2n) is 5.86. The topological polar surface area (TPSA) is 28.2 Å². The quantitative estimate of drug-likeness (QED) is 0.869. The van der Waals surface area contributed by atoms with Crippen LogP contribution < -0.4 is 10.2 Å². The third kappa shape index (κ3) is 2.54. The SMILES string of the molecule is CN(C)c1ccncc1NC1CCCC1(C)C. The fourth-order valence-electron chi connectivity index (χ4n) is 2.67. The minimum atomic E-state index is 0.388. The number of aromatic nitrogens is 1. The predicted octanol–water partition coefficient (Wildman–Crippen LogP) is 3.14. The number of hydrogen-bond donors (Lipinski definition) is 1. The van der Waals surface area contributed by atoms with Gasteiger partial charge in [-0.25, -0.2) is 0 Å². The van der Waals surface area contributed by atoms with E-state index in [-0.39, 0.29) is 0 Å². The molecule has 0 radical (unpaired) electrons. The van der Waals surface area contributed by atoms with E-state index in [2.05, 4.69) is 49.2 Å². The molecule has 1 aromatic rings. The van der Waals surface area contributed by atoms with E-state index in [4.69, 9.17) is 0 Å². The third-order valence-corrected chi connectivity index (χ3v) is 3.87. The van der Waals surface area contributed by atoms with E-state index in [1.807, 2.05) is 12.4 Å². The number of nitrogens with zero attached hydrogens (tertiary/aromatic N) is 2. The lowest BCUT2D eigenvalue weighted by Gasteiger charge is -2.30. The van der Waals surface area contributed by atoms with Crippen molar-refractivity contribution in [1.82, 2.24) is 4.98 Å². The number of nitrogens with one attached hydrogen (secondary N) is 1. The molecular formula is C14H23N3. The Morgan fingerprint density at radius 3 is 2.76 bits per heavy atom. The smallest absolute Gasteiger partial charge is 0.0766 e. The maximum Gasteiger partial charge on any atom is 0.0766 e. The Bertz CT molecular complexity index is 385. The van der Waals surface area contributed by atoms with Crippen molar-refractivity contribution in [2.45, 2.75) is 39.2 Å². The van der Waals surface area contributed by atoms with Gasteiger partial charge >= 0.3 is 0 Å². The first-order valence-corrected chi connectivity index (χ1v) is 6.38. The van der Waals surface area contributed by atoms with Gasteiger partial charge in [0.05, 0.1) is 17.6 Å². The average Bonchev–Trinajstić information content (AvgIpc) is 2.59. The van der Waals surface area contributed by atoms with E-state index in [1.165, 1.54) is 24.9 Å². The van der Waals surface area contributed by atoms with Gasteiger partial charge in [0.15, 0.2) is 0 Å². The lowest BCUT2D eigenvalue weighted by molar-refractivity contribution is 0.350. The molecule has 0 saturated heterocycles. The summed E-state index contributed by atoms with van der Waals surface area (Å²) >= 11 is 0. The Morgan fingerprint density at radius 2 is 2.18 bits per heavy atom. The average molecular weight is 233 g/mol. The molecule has 0 aromatic carbocycles. The summed E-state index contributed by atoms with van der Waals surface area (Å²) < 4.78 is 0. The first-order valence-electron chi connectivity index (χ1n) is 6.38. The molecule has 1 aliphatic carbocycles. The minimum Gasteiger partial charge on any atom is -0.379 e. The lowest BCUT2D eigenvalue weighted by Crippen LogP contribution is -2.31. The summed E-state index contributed by atoms with van der Waals surface area (Å²) in [5, 5.41) is 3.68. The molecule has 17 heavy (non-hydrogen) atoms. The summed E-state index contributed by atoms with van der Waals surface area (Å²) in [6.07, 6.45) is 7.67. The van der Waals surface area contributed by atoms with E-state index < -0.39 is 0 Å². The predicted molar refractivity (Wildman–Crippen MR) is 73.6 cm³/mol. The summed E-state index contributed by atoms with van der Waals surface area (Å²) in [6.45, 7) is 4.70. The molecule has 2 rings (SSSR count). The van der Waals surface area contributed by atoms with E-state index in [0.29, 0.717) is 11.5 Å². The molecular weight excluding hydrogens is 210 g/mol. The van der Waals surface area contributed by atoms with Crippen LogP contribution in [0.25, 0.3) is 0 Å². The second-order valence-corrected chi connectivity index (χ2v) is 5.86. The summed E-state index contributed by atoms with van der Waals surface area (Å²) in [7, 11) is 4.14. The van der Waals surface area contributed by atoms with Gasteiger partial charge in [-0.2, -0.15) is 0 Å². The molecule has 1 fully saturated rings. The van der Waals surface area contributed by atoms with Crippen LogP contribution in [0.2, 0.25) is 0 Å². The summed E-state index contributed by atoms with van der Waals surface area (Å²) in [6, 6.07) is 2.62. The Balaban J connectivity index is 2.19. The van der Waals surface area contributed by atoms with Gasteiger partial charge < -0.3 is 10.2 Å². The largest absolute Gasteiger partial charge is 0.379 e. The summed E-state index contributed by atoms with van der Waals surface area (Å²) in [4.78, 5) is 6.36. The molecule has 0 amide bonds. The molecule has 3 nitrogen and oxygen atoms in total. The van der Waals surface area contributed by atoms with Crippen LogP contribution in [0.4, 0.5) is 11.4 Å². The van der Waals surface area contributed by atoms with Crippen molar-refractivity contribution in [2.24, 2.45) is 5.41 Å². The van der Waals surface area contributed by atoms with Crippen LogP contribution in [0.15, 0.2) is 18.5 Å². The molecule has 1 aliphatic rings. The van der Waals surface area contributed by atoms with Crippen LogP contribution in [0, 0.1) is 5.41 Å². The zero-order valence-electron chi connectivity index (χ0n) is 11.3. The van der Waals surface area contributed by atoms with Gasteiger partial charge in [0.1, 0.15) is 0 Å². The van der Waals surface area contributed by atoms with Gasteiger partial charge in [-0.15, -0.1) is 0 Å². The molecule has 0 aliphatic heterocycles. The second kappa shape index (κ2) is 4.55. The Hall–Kier alpha value is -1.25.